The molecule has 0 radical (unpaired) electrons. The molecule has 2 rings (SSSR count). The van der Waals surface area contributed by atoms with Gasteiger partial charge in [-0.3, -0.25) is 9.78 Å². The molecule has 1 aliphatic heterocycles. The van der Waals surface area contributed by atoms with Crippen molar-refractivity contribution < 1.29 is 14.3 Å². The van der Waals surface area contributed by atoms with Gasteiger partial charge in [-0.15, -0.1) is 0 Å². The summed E-state index contributed by atoms with van der Waals surface area (Å²) >= 11 is 5.77. The molecule has 23 heavy (non-hydrogen) atoms. The molecule has 0 N–H and O–H groups in total. The van der Waals surface area contributed by atoms with E-state index in [0.29, 0.717) is 32.6 Å². The van der Waals surface area contributed by atoms with Crippen molar-refractivity contribution in [2.24, 2.45) is 0 Å². The summed E-state index contributed by atoms with van der Waals surface area (Å²) in [7, 11) is 0. The third-order valence-corrected chi connectivity index (χ3v) is 3.44. The van der Waals surface area contributed by atoms with Gasteiger partial charge in [0.2, 0.25) is 0 Å². The van der Waals surface area contributed by atoms with E-state index in [1.165, 1.54) is 12.4 Å². The van der Waals surface area contributed by atoms with Crippen LogP contribution in [0.3, 0.4) is 0 Å². The van der Waals surface area contributed by atoms with E-state index in [0.717, 1.165) is 0 Å². The number of hydrogen-bond donors (Lipinski definition) is 0. The second-order valence-corrected chi connectivity index (χ2v) is 6.73. The van der Waals surface area contributed by atoms with Gasteiger partial charge in [0.1, 0.15) is 16.4 Å². The van der Waals surface area contributed by atoms with E-state index in [1.807, 2.05) is 20.8 Å². The van der Waals surface area contributed by atoms with Gasteiger partial charge in [0.25, 0.3) is 5.91 Å². The minimum atomic E-state index is -0.532. The second-order valence-electron chi connectivity index (χ2n) is 6.34. The number of halogens is 1. The molecule has 0 atom stereocenters. The van der Waals surface area contributed by atoms with E-state index in [9.17, 15) is 9.59 Å². The van der Waals surface area contributed by atoms with E-state index < -0.39 is 5.60 Å². The standard InChI is InChI=1S/C15H21ClN4O3/c1-15(2,3)23-14(22)20-6-4-5-19(7-8-20)13(21)11-9-17-10-12(16)18-11/h9-10H,4-8H2,1-3H3. The molecular formula is C15H21ClN4O3. The van der Waals surface area contributed by atoms with E-state index in [1.54, 1.807) is 9.80 Å². The second kappa shape index (κ2) is 7.12. The Morgan fingerprint density at radius 1 is 1.13 bits per heavy atom. The number of amides is 2. The number of carbonyl (C=O) groups is 2. The van der Waals surface area contributed by atoms with E-state index >= 15 is 0 Å². The lowest BCUT2D eigenvalue weighted by atomic mass is 10.2. The summed E-state index contributed by atoms with van der Waals surface area (Å²) in [4.78, 5) is 35.7. The first-order valence-corrected chi connectivity index (χ1v) is 7.89. The molecule has 126 valence electrons. The van der Waals surface area contributed by atoms with Crippen LogP contribution in [0.15, 0.2) is 12.4 Å². The third kappa shape index (κ3) is 5.06. The summed E-state index contributed by atoms with van der Waals surface area (Å²) < 4.78 is 5.37. The Bertz CT molecular complexity index is 588. The minimum Gasteiger partial charge on any atom is -0.444 e. The van der Waals surface area contributed by atoms with Crippen LogP contribution in [0.2, 0.25) is 5.15 Å². The van der Waals surface area contributed by atoms with Crippen molar-refractivity contribution in [1.29, 1.82) is 0 Å². The first-order chi connectivity index (χ1) is 10.8. The van der Waals surface area contributed by atoms with Gasteiger partial charge in [-0.05, 0) is 27.2 Å². The van der Waals surface area contributed by atoms with Crippen molar-refractivity contribution in [2.45, 2.75) is 32.8 Å². The Morgan fingerprint density at radius 3 is 2.43 bits per heavy atom. The van der Waals surface area contributed by atoms with Crippen LogP contribution in [0.25, 0.3) is 0 Å². The first kappa shape index (κ1) is 17.5. The van der Waals surface area contributed by atoms with Gasteiger partial charge in [-0.25, -0.2) is 9.78 Å². The molecule has 0 aliphatic carbocycles. The van der Waals surface area contributed by atoms with Crippen molar-refractivity contribution >= 4 is 23.6 Å². The monoisotopic (exact) mass is 340 g/mol. The third-order valence-electron chi connectivity index (χ3n) is 3.26. The Morgan fingerprint density at radius 2 is 1.78 bits per heavy atom. The molecule has 8 heteroatoms. The smallest absolute Gasteiger partial charge is 0.410 e. The molecule has 0 unspecified atom stereocenters. The van der Waals surface area contributed by atoms with Gasteiger partial charge < -0.3 is 14.5 Å². The van der Waals surface area contributed by atoms with Crippen molar-refractivity contribution in [2.75, 3.05) is 26.2 Å². The molecule has 2 amide bonds. The van der Waals surface area contributed by atoms with Crippen LogP contribution in [0, 0.1) is 0 Å². The molecule has 0 spiro atoms. The fraction of sp³-hybridized carbons (Fsp3) is 0.600. The van der Waals surface area contributed by atoms with Crippen LogP contribution in [0.1, 0.15) is 37.7 Å². The lowest BCUT2D eigenvalue weighted by Crippen LogP contribution is -2.40. The number of carbonyl (C=O) groups excluding carboxylic acids is 2. The van der Waals surface area contributed by atoms with E-state index in [4.69, 9.17) is 16.3 Å². The average Bonchev–Trinajstić information content (AvgIpc) is 2.70. The van der Waals surface area contributed by atoms with Crippen molar-refractivity contribution in [3.05, 3.63) is 23.2 Å². The normalized spacial score (nSPS) is 16.0. The Balaban J connectivity index is 1.98. The first-order valence-electron chi connectivity index (χ1n) is 7.51. The zero-order chi connectivity index (χ0) is 17.0. The molecule has 1 aliphatic rings. The average molecular weight is 341 g/mol. The number of hydrogen-bond acceptors (Lipinski definition) is 5. The maximum Gasteiger partial charge on any atom is 0.410 e. The highest BCUT2D eigenvalue weighted by molar-refractivity contribution is 6.29. The van der Waals surface area contributed by atoms with E-state index in [2.05, 4.69) is 9.97 Å². The lowest BCUT2D eigenvalue weighted by Gasteiger charge is -2.26. The summed E-state index contributed by atoms with van der Waals surface area (Å²) in [6.45, 7) is 7.44. The van der Waals surface area contributed by atoms with Gasteiger partial charge in [-0.1, -0.05) is 11.6 Å². The molecule has 1 fully saturated rings. The molecule has 1 aromatic heterocycles. The van der Waals surface area contributed by atoms with Crippen molar-refractivity contribution in [1.82, 2.24) is 19.8 Å². The fourth-order valence-corrected chi connectivity index (χ4v) is 2.38. The van der Waals surface area contributed by atoms with E-state index in [-0.39, 0.29) is 22.8 Å². The quantitative estimate of drug-likeness (QED) is 0.783. The fourth-order valence-electron chi connectivity index (χ4n) is 2.24. The molecule has 7 nitrogen and oxygen atoms in total. The number of nitrogens with zero attached hydrogens (tertiary/aromatic N) is 4. The predicted molar refractivity (Wildman–Crippen MR) is 85.4 cm³/mol. The zero-order valence-corrected chi connectivity index (χ0v) is 14.3. The van der Waals surface area contributed by atoms with Crippen LogP contribution in [-0.4, -0.2) is 63.5 Å². The number of ether oxygens (including phenoxy) is 1. The Labute approximate surface area is 140 Å². The zero-order valence-electron chi connectivity index (χ0n) is 13.6. The summed E-state index contributed by atoms with van der Waals surface area (Å²) in [6.07, 6.45) is 3.10. The summed E-state index contributed by atoms with van der Waals surface area (Å²) in [6, 6.07) is 0. The SMILES string of the molecule is CC(C)(C)OC(=O)N1CCCN(C(=O)c2cncc(Cl)n2)CC1. The number of rotatable bonds is 1. The van der Waals surface area contributed by atoms with Gasteiger partial charge in [0.05, 0.1) is 12.4 Å². The molecule has 0 aromatic carbocycles. The molecule has 0 bridgehead atoms. The van der Waals surface area contributed by atoms with Gasteiger partial charge >= 0.3 is 6.09 Å². The van der Waals surface area contributed by atoms with Gasteiger partial charge in [0.15, 0.2) is 0 Å². The Hall–Kier alpha value is -1.89. The van der Waals surface area contributed by atoms with Crippen molar-refractivity contribution in [3.8, 4) is 0 Å². The number of aromatic nitrogens is 2. The molecule has 1 aromatic rings. The topological polar surface area (TPSA) is 75.6 Å². The van der Waals surface area contributed by atoms with Crippen LogP contribution in [0.4, 0.5) is 4.79 Å². The maximum absolute atomic E-state index is 12.4. The molecular weight excluding hydrogens is 320 g/mol. The van der Waals surface area contributed by atoms with Crippen LogP contribution < -0.4 is 0 Å². The predicted octanol–water partition coefficient (Wildman–Crippen LogP) is 2.21. The highest BCUT2D eigenvalue weighted by Crippen LogP contribution is 2.13. The van der Waals surface area contributed by atoms with Crippen molar-refractivity contribution in [3.63, 3.8) is 0 Å². The van der Waals surface area contributed by atoms with Gasteiger partial charge in [-0.2, -0.15) is 0 Å². The van der Waals surface area contributed by atoms with Crippen LogP contribution >= 0.6 is 11.6 Å². The maximum atomic E-state index is 12.4. The minimum absolute atomic E-state index is 0.182. The molecule has 2 heterocycles. The summed E-state index contributed by atoms with van der Waals surface area (Å²) in [5, 5.41) is 0.182. The summed E-state index contributed by atoms with van der Waals surface area (Å²) in [5.41, 5.74) is -0.321. The molecule has 1 saturated heterocycles. The van der Waals surface area contributed by atoms with Crippen LogP contribution in [0.5, 0.6) is 0 Å². The molecule has 0 saturated carbocycles. The summed E-state index contributed by atoms with van der Waals surface area (Å²) in [5.74, 6) is -0.231. The highest BCUT2D eigenvalue weighted by Gasteiger charge is 2.26. The lowest BCUT2D eigenvalue weighted by molar-refractivity contribution is 0.0255. The van der Waals surface area contributed by atoms with Gasteiger partial charge in [0, 0.05) is 26.2 Å². The van der Waals surface area contributed by atoms with Crippen LogP contribution in [-0.2, 0) is 4.74 Å². The highest BCUT2D eigenvalue weighted by atomic mass is 35.5. The largest absolute Gasteiger partial charge is 0.444 e. The Kier molecular flexibility index (Phi) is 5.41.